The Labute approximate surface area is 162 Å². The third-order valence-corrected chi connectivity index (χ3v) is 5.92. The number of carbonyl (C=O) groups is 2. The topological polar surface area (TPSA) is 49.4 Å². The lowest BCUT2D eigenvalue weighted by Crippen LogP contribution is -2.43. The van der Waals surface area contributed by atoms with Gasteiger partial charge in [0.2, 0.25) is 0 Å². The zero-order valence-electron chi connectivity index (χ0n) is 17.1. The molecule has 0 aromatic heterocycles. The third kappa shape index (κ3) is 3.33. The smallest absolute Gasteiger partial charge is 0.252 e. The number of carbonyl (C=O) groups excluding carboxylic acids is 2. The van der Waals surface area contributed by atoms with E-state index in [-0.39, 0.29) is 17.6 Å². The predicted octanol–water partition coefficient (Wildman–Crippen LogP) is 4.16. The molecule has 2 aliphatic rings. The monoisotopic (exact) mass is 366 g/mol. The van der Waals surface area contributed by atoms with E-state index in [1.807, 2.05) is 69.9 Å². The third-order valence-electron chi connectivity index (χ3n) is 5.92. The van der Waals surface area contributed by atoms with E-state index in [0.29, 0.717) is 18.7 Å². The largest absolute Gasteiger partial charge is 0.362 e. The minimum absolute atomic E-state index is 0.0154. The van der Waals surface area contributed by atoms with E-state index < -0.39 is 5.41 Å². The van der Waals surface area contributed by atoms with Crippen molar-refractivity contribution in [3.8, 4) is 0 Å². The van der Waals surface area contributed by atoms with Crippen LogP contribution < -0.4 is 5.32 Å². The zero-order chi connectivity index (χ0) is 19.8. The van der Waals surface area contributed by atoms with Gasteiger partial charge in [0.15, 0.2) is 5.78 Å². The summed E-state index contributed by atoms with van der Waals surface area (Å²) in [5, 5.41) is 3.41. The summed E-state index contributed by atoms with van der Waals surface area (Å²) in [6.07, 6.45) is 1.66. The molecule has 0 fully saturated rings. The number of nitrogens with zero attached hydrogens (tertiary/aromatic N) is 1. The highest BCUT2D eigenvalue weighted by molar-refractivity contribution is 6.07. The normalized spacial score (nSPS) is 21.7. The van der Waals surface area contributed by atoms with Crippen LogP contribution in [0.4, 0.5) is 0 Å². The molecule has 1 heterocycles. The summed E-state index contributed by atoms with van der Waals surface area (Å²) in [6, 6.07) is 9.97. The van der Waals surface area contributed by atoms with Gasteiger partial charge >= 0.3 is 0 Å². The van der Waals surface area contributed by atoms with Gasteiger partial charge < -0.3 is 10.2 Å². The van der Waals surface area contributed by atoms with Gasteiger partial charge in [-0.2, -0.15) is 0 Å². The molecule has 1 atom stereocenters. The molecule has 1 amide bonds. The first-order chi connectivity index (χ1) is 12.8. The molecule has 1 aromatic carbocycles. The molecular weight excluding hydrogens is 336 g/mol. The van der Waals surface area contributed by atoms with Crippen molar-refractivity contribution in [1.82, 2.24) is 10.2 Å². The number of Topliss-reactive ketones (excluding diaryl/α,β-unsaturated/α-hetero) is 1. The first-order valence-electron chi connectivity index (χ1n) is 9.91. The predicted molar refractivity (Wildman–Crippen MR) is 108 cm³/mol. The second kappa shape index (κ2) is 7.34. The molecule has 1 aliphatic heterocycles. The Balaban J connectivity index is 2.19. The van der Waals surface area contributed by atoms with Crippen LogP contribution in [0.15, 0.2) is 52.9 Å². The van der Waals surface area contributed by atoms with Gasteiger partial charge in [-0.1, -0.05) is 44.2 Å². The minimum atomic E-state index is -0.401. The molecule has 1 aromatic rings. The van der Waals surface area contributed by atoms with Crippen LogP contribution in [0, 0.1) is 5.41 Å². The highest BCUT2D eigenvalue weighted by Gasteiger charge is 2.44. The van der Waals surface area contributed by atoms with Gasteiger partial charge in [0.05, 0.1) is 0 Å². The van der Waals surface area contributed by atoms with Gasteiger partial charge in [0, 0.05) is 47.0 Å². The summed E-state index contributed by atoms with van der Waals surface area (Å²) in [4.78, 5) is 28.6. The van der Waals surface area contributed by atoms with Crippen molar-refractivity contribution in [1.29, 1.82) is 0 Å². The maximum Gasteiger partial charge on any atom is 0.252 e. The summed E-state index contributed by atoms with van der Waals surface area (Å²) >= 11 is 0. The number of amides is 1. The van der Waals surface area contributed by atoms with Crippen LogP contribution in [0.25, 0.3) is 0 Å². The van der Waals surface area contributed by atoms with Crippen LogP contribution in [-0.4, -0.2) is 29.7 Å². The quantitative estimate of drug-likeness (QED) is 0.870. The molecule has 144 valence electrons. The number of dihydropyridines is 1. The van der Waals surface area contributed by atoms with E-state index in [2.05, 4.69) is 5.32 Å². The van der Waals surface area contributed by atoms with Gasteiger partial charge in [0.25, 0.3) is 5.91 Å². The molecule has 0 saturated carbocycles. The maximum atomic E-state index is 13.4. The van der Waals surface area contributed by atoms with E-state index in [1.54, 1.807) is 0 Å². The average Bonchev–Trinajstić information content (AvgIpc) is 2.65. The van der Waals surface area contributed by atoms with Gasteiger partial charge in [-0.15, -0.1) is 0 Å². The Morgan fingerprint density at radius 3 is 2.41 bits per heavy atom. The van der Waals surface area contributed by atoms with Crippen molar-refractivity contribution >= 4 is 11.7 Å². The fraction of sp³-hybridized carbons (Fsp3) is 0.478. The SMILES string of the molecule is CCN(CC)C(=O)C1=C(C)NC2=C(C(=O)C(C)(C)CC2)C1c1ccccc1. The van der Waals surface area contributed by atoms with Crippen molar-refractivity contribution in [2.24, 2.45) is 5.41 Å². The van der Waals surface area contributed by atoms with Crippen LogP contribution in [0.2, 0.25) is 0 Å². The van der Waals surface area contributed by atoms with Crippen LogP contribution in [0.1, 0.15) is 58.9 Å². The fourth-order valence-corrected chi connectivity index (χ4v) is 4.22. The van der Waals surface area contributed by atoms with Crippen molar-refractivity contribution in [2.45, 2.75) is 53.4 Å². The van der Waals surface area contributed by atoms with Gasteiger partial charge in [-0.05, 0) is 39.2 Å². The molecular formula is C23H30N2O2. The molecule has 1 N–H and O–H groups in total. The molecule has 27 heavy (non-hydrogen) atoms. The van der Waals surface area contributed by atoms with Crippen LogP contribution in [0.3, 0.4) is 0 Å². The average molecular weight is 367 g/mol. The van der Waals surface area contributed by atoms with Crippen LogP contribution >= 0.6 is 0 Å². The number of rotatable bonds is 4. The van der Waals surface area contributed by atoms with Crippen molar-refractivity contribution < 1.29 is 9.59 Å². The Kier molecular flexibility index (Phi) is 5.27. The minimum Gasteiger partial charge on any atom is -0.362 e. The number of hydrogen-bond acceptors (Lipinski definition) is 3. The van der Waals surface area contributed by atoms with Crippen molar-refractivity contribution in [3.63, 3.8) is 0 Å². The molecule has 0 spiro atoms. The number of nitrogens with one attached hydrogen (secondary N) is 1. The summed E-state index contributed by atoms with van der Waals surface area (Å²) < 4.78 is 0. The fourth-order valence-electron chi connectivity index (χ4n) is 4.22. The number of hydrogen-bond donors (Lipinski definition) is 1. The Morgan fingerprint density at radius 1 is 1.19 bits per heavy atom. The highest BCUT2D eigenvalue weighted by Crippen LogP contribution is 2.46. The summed E-state index contributed by atoms with van der Waals surface area (Å²) in [5.41, 5.74) is 3.94. The summed E-state index contributed by atoms with van der Waals surface area (Å²) in [7, 11) is 0. The highest BCUT2D eigenvalue weighted by atomic mass is 16.2. The number of likely N-dealkylation sites (N-methyl/N-ethyl adjacent to an activating group) is 1. The molecule has 0 saturated heterocycles. The zero-order valence-corrected chi connectivity index (χ0v) is 17.1. The Morgan fingerprint density at radius 2 is 1.81 bits per heavy atom. The number of ketones is 1. The van der Waals surface area contributed by atoms with E-state index in [9.17, 15) is 9.59 Å². The van der Waals surface area contributed by atoms with E-state index >= 15 is 0 Å². The molecule has 4 nitrogen and oxygen atoms in total. The van der Waals surface area contributed by atoms with Gasteiger partial charge in [-0.3, -0.25) is 9.59 Å². The van der Waals surface area contributed by atoms with Crippen molar-refractivity contribution in [3.05, 3.63) is 58.4 Å². The maximum absolute atomic E-state index is 13.4. The van der Waals surface area contributed by atoms with E-state index in [0.717, 1.165) is 35.4 Å². The molecule has 3 rings (SSSR count). The Bertz CT molecular complexity index is 814. The summed E-state index contributed by atoms with van der Waals surface area (Å²) in [5.74, 6) is -0.133. The molecule has 1 aliphatic carbocycles. The molecule has 4 heteroatoms. The second-order valence-corrected chi connectivity index (χ2v) is 8.09. The van der Waals surface area contributed by atoms with Crippen LogP contribution in [-0.2, 0) is 9.59 Å². The first-order valence-corrected chi connectivity index (χ1v) is 9.91. The lowest BCUT2D eigenvalue weighted by molar-refractivity contribution is -0.127. The van der Waals surface area contributed by atoms with E-state index in [4.69, 9.17) is 0 Å². The summed E-state index contributed by atoms with van der Waals surface area (Å²) in [6.45, 7) is 11.3. The lowest BCUT2D eigenvalue weighted by Gasteiger charge is -2.40. The van der Waals surface area contributed by atoms with Gasteiger partial charge in [0.1, 0.15) is 0 Å². The molecule has 1 unspecified atom stereocenters. The van der Waals surface area contributed by atoms with Crippen LogP contribution in [0.5, 0.6) is 0 Å². The van der Waals surface area contributed by atoms with Crippen molar-refractivity contribution in [2.75, 3.05) is 13.1 Å². The first kappa shape index (κ1) is 19.4. The standard InChI is InChI=1S/C23H30N2O2/c1-6-25(7-2)22(27)18-15(3)24-17-13-14-23(4,5)21(26)20(17)19(18)16-11-9-8-10-12-16/h8-12,19,24H,6-7,13-14H2,1-5H3. The lowest BCUT2D eigenvalue weighted by atomic mass is 9.67. The van der Waals surface area contributed by atoms with Gasteiger partial charge in [-0.25, -0.2) is 0 Å². The second-order valence-electron chi connectivity index (χ2n) is 8.09. The van der Waals surface area contributed by atoms with E-state index in [1.165, 1.54) is 0 Å². The molecule has 0 bridgehead atoms. The Hall–Kier alpha value is -2.36. The number of benzene rings is 1. The molecule has 0 radical (unpaired) electrons. The number of allylic oxidation sites excluding steroid dienone is 3.